The van der Waals surface area contributed by atoms with E-state index in [1.807, 2.05) is 37.3 Å². The van der Waals surface area contributed by atoms with Crippen LogP contribution in [0, 0.1) is 6.92 Å². The van der Waals surface area contributed by atoms with E-state index in [0.717, 1.165) is 5.56 Å². The Bertz CT molecular complexity index is 733. The van der Waals surface area contributed by atoms with Gasteiger partial charge in [0.15, 0.2) is 5.76 Å². The highest BCUT2D eigenvalue weighted by molar-refractivity contribution is 5.91. The van der Waals surface area contributed by atoms with Gasteiger partial charge in [0, 0.05) is 38.6 Å². The number of nitrogens with zero attached hydrogens (tertiary/aromatic N) is 2. The van der Waals surface area contributed by atoms with Crippen LogP contribution in [0.15, 0.2) is 46.9 Å². The van der Waals surface area contributed by atoms with Crippen LogP contribution in [0.5, 0.6) is 0 Å². The molecule has 1 aromatic heterocycles. The Morgan fingerprint density at radius 1 is 1.04 bits per heavy atom. The predicted octanol–water partition coefficient (Wildman–Crippen LogP) is 1.96. The molecule has 0 radical (unpaired) electrons. The molecule has 0 spiro atoms. The highest BCUT2D eigenvalue weighted by Crippen LogP contribution is 2.17. The summed E-state index contributed by atoms with van der Waals surface area (Å²) < 4.78 is 5.39. The zero-order valence-corrected chi connectivity index (χ0v) is 14.4. The Morgan fingerprint density at radius 3 is 2.28 bits per heavy atom. The number of carbonyl (C=O) groups is 2. The van der Waals surface area contributed by atoms with Crippen molar-refractivity contribution in [3.8, 4) is 0 Å². The van der Waals surface area contributed by atoms with E-state index in [2.05, 4.69) is 0 Å². The largest absolute Gasteiger partial charge is 0.456 e. The first kappa shape index (κ1) is 17.2. The van der Waals surface area contributed by atoms with Crippen molar-refractivity contribution in [2.75, 3.05) is 26.2 Å². The maximum absolute atomic E-state index is 12.5. The number of aryl methyl sites for hydroxylation is 1. The third kappa shape index (κ3) is 4.09. The van der Waals surface area contributed by atoms with Crippen LogP contribution in [0.3, 0.4) is 0 Å². The maximum Gasteiger partial charge on any atom is 0.289 e. The van der Waals surface area contributed by atoms with Crippen molar-refractivity contribution in [2.24, 2.45) is 5.73 Å². The standard InChI is InChI=1S/C19H23N3O3/c1-14-7-8-17(25-14)19(24)22-11-9-21(10-12-22)18(23)13-16(20)15-5-3-2-4-6-15/h2-8,16H,9-13,20H2,1H3. The number of carbonyl (C=O) groups excluding carboxylic acids is 2. The van der Waals surface area contributed by atoms with Crippen LogP contribution >= 0.6 is 0 Å². The van der Waals surface area contributed by atoms with Crippen LogP contribution in [0.2, 0.25) is 0 Å². The second-order valence-corrected chi connectivity index (χ2v) is 6.30. The number of rotatable bonds is 4. The molecule has 2 heterocycles. The van der Waals surface area contributed by atoms with Crippen LogP contribution in [0.1, 0.15) is 34.3 Å². The summed E-state index contributed by atoms with van der Waals surface area (Å²) in [4.78, 5) is 28.3. The molecule has 1 saturated heterocycles. The third-order valence-corrected chi connectivity index (χ3v) is 4.49. The van der Waals surface area contributed by atoms with Gasteiger partial charge in [0.25, 0.3) is 5.91 Å². The molecule has 2 N–H and O–H groups in total. The van der Waals surface area contributed by atoms with Gasteiger partial charge >= 0.3 is 0 Å². The number of furan rings is 1. The van der Waals surface area contributed by atoms with E-state index < -0.39 is 0 Å². The lowest BCUT2D eigenvalue weighted by molar-refractivity contribution is -0.133. The third-order valence-electron chi connectivity index (χ3n) is 4.49. The fourth-order valence-corrected chi connectivity index (χ4v) is 3.00. The van der Waals surface area contributed by atoms with Gasteiger partial charge in [-0.1, -0.05) is 30.3 Å². The van der Waals surface area contributed by atoms with E-state index in [0.29, 0.717) is 37.7 Å². The summed E-state index contributed by atoms with van der Waals surface area (Å²) in [6.07, 6.45) is 0.273. The molecule has 0 saturated carbocycles. The SMILES string of the molecule is Cc1ccc(C(=O)N2CCN(C(=O)CC(N)c3ccccc3)CC2)o1. The van der Waals surface area contributed by atoms with Crippen LogP contribution in [0.25, 0.3) is 0 Å². The highest BCUT2D eigenvalue weighted by atomic mass is 16.3. The lowest BCUT2D eigenvalue weighted by Crippen LogP contribution is -2.50. The zero-order valence-electron chi connectivity index (χ0n) is 14.4. The van der Waals surface area contributed by atoms with Gasteiger partial charge in [0.2, 0.25) is 5.91 Å². The smallest absolute Gasteiger partial charge is 0.289 e. The van der Waals surface area contributed by atoms with Crippen molar-refractivity contribution in [2.45, 2.75) is 19.4 Å². The van der Waals surface area contributed by atoms with E-state index in [-0.39, 0.29) is 24.3 Å². The Morgan fingerprint density at radius 2 is 1.68 bits per heavy atom. The van der Waals surface area contributed by atoms with Crippen LogP contribution < -0.4 is 5.73 Å². The summed E-state index contributed by atoms with van der Waals surface area (Å²) in [6, 6.07) is 12.8. The maximum atomic E-state index is 12.5. The summed E-state index contributed by atoms with van der Waals surface area (Å²) in [7, 11) is 0. The van der Waals surface area contributed by atoms with E-state index in [9.17, 15) is 9.59 Å². The first-order chi connectivity index (χ1) is 12.0. The Hall–Kier alpha value is -2.60. The molecule has 6 heteroatoms. The second kappa shape index (κ2) is 7.53. The molecular formula is C19H23N3O3. The van der Waals surface area contributed by atoms with Crippen molar-refractivity contribution in [1.82, 2.24) is 9.80 Å². The molecule has 0 aliphatic carbocycles. The Labute approximate surface area is 147 Å². The predicted molar refractivity (Wildman–Crippen MR) is 93.9 cm³/mol. The van der Waals surface area contributed by atoms with Gasteiger partial charge < -0.3 is 20.0 Å². The van der Waals surface area contributed by atoms with Gasteiger partial charge in [0.1, 0.15) is 5.76 Å². The first-order valence-electron chi connectivity index (χ1n) is 8.48. The number of hydrogen-bond acceptors (Lipinski definition) is 4. The van der Waals surface area contributed by atoms with Gasteiger partial charge in [0.05, 0.1) is 0 Å². The Kier molecular flexibility index (Phi) is 5.19. The van der Waals surface area contributed by atoms with Gasteiger partial charge in [-0.15, -0.1) is 0 Å². The molecule has 1 atom stereocenters. The summed E-state index contributed by atoms with van der Waals surface area (Å²) in [5, 5.41) is 0. The number of amides is 2. The summed E-state index contributed by atoms with van der Waals surface area (Å²) >= 11 is 0. The fourth-order valence-electron chi connectivity index (χ4n) is 3.00. The molecule has 1 aliphatic heterocycles. The lowest BCUT2D eigenvalue weighted by atomic mass is 10.0. The topological polar surface area (TPSA) is 79.8 Å². The van der Waals surface area contributed by atoms with Gasteiger partial charge in [-0.3, -0.25) is 9.59 Å². The summed E-state index contributed by atoms with van der Waals surface area (Å²) in [6.45, 7) is 3.86. The van der Waals surface area contributed by atoms with Crippen LogP contribution in [-0.2, 0) is 4.79 Å². The average Bonchev–Trinajstić information content (AvgIpc) is 3.08. The van der Waals surface area contributed by atoms with Crippen molar-refractivity contribution in [1.29, 1.82) is 0 Å². The van der Waals surface area contributed by atoms with Gasteiger partial charge in [-0.2, -0.15) is 0 Å². The molecule has 1 fully saturated rings. The fraction of sp³-hybridized carbons (Fsp3) is 0.368. The monoisotopic (exact) mass is 341 g/mol. The molecule has 2 aromatic rings. The molecule has 2 amide bonds. The molecule has 132 valence electrons. The molecule has 1 aliphatic rings. The van der Waals surface area contributed by atoms with Crippen molar-refractivity contribution in [3.05, 3.63) is 59.5 Å². The minimum Gasteiger partial charge on any atom is -0.456 e. The van der Waals surface area contributed by atoms with Crippen LogP contribution in [-0.4, -0.2) is 47.8 Å². The first-order valence-corrected chi connectivity index (χ1v) is 8.48. The molecular weight excluding hydrogens is 318 g/mol. The molecule has 3 rings (SSSR count). The minimum atomic E-state index is -0.306. The second-order valence-electron chi connectivity index (χ2n) is 6.30. The summed E-state index contributed by atoms with van der Waals surface area (Å²) in [5.74, 6) is 0.967. The number of nitrogens with two attached hydrogens (primary N) is 1. The lowest BCUT2D eigenvalue weighted by Gasteiger charge is -2.34. The number of benzene rings is 1. The Balaban J connectivity index is 1.51. The molecule has 25 heavy (non-hydrogen) atoms. The molecule has 6 nitrogen and oxygen atoms in total. The minimum absolute atomic E-state index is 0.0253. The van der Waals surface area contributed by atoms with E-state index in [1.54, 1.807) is 21.9 Å². The number of piperazine rings is 1. The molecule has 1 aromatic carbocycles. The highest BCUT2D eigenvalue weighted by Gasteiger charge is 2.27. The normalized spacial score (nSPS) is 15.9. The average molecular weight is 341 g/mol. The van der Waals surface area contributed by atoms with Gasteiger partial charge in [-0.05, 0) is 24.6 Å². The van der Waals surface area contributed by atoms with Crippen LogP contribution in [0.4, 0.5) is 0 Å². The van der Waals surface area contributed by atoms with Crippen molar-refractivity contribution < 1.29 is 14.0 Å². The zero-order chi connectivity index (χ0) is 17.8. The molecule has 1 unspecified atom stereocenters. The summed E-state index contributed by atoms with van der Waals surface area (Å²) in [5.41, 5.74) is 7.09. The quantitative estimate of drug-likeness (QED) is 0.922. The van der Waals surface area contributed by atoms with E-state index in [4.69, 9.17) is 10.2 Å². The molecule has 0 bridgehead atoms. The number of hydrogen-bond donors (Lipinski definition) is 1. The van der Waals surface area contributed by atoms with E-state index in [1.165, 1.54) is 0 Å². The van der Waals surface area contributed by atoms with Gasteiger partial charge in [-0.25, -0.2) is 0 Å². The van der Waals surface area contributed by atoms with Crippen molar-refractivity contribution in [3.63, 3.8) is 0 Å². The van der Waals surface area contributed by atoms with Crippen molar-refractivity contribution >= 4 is 11.8 Å². The van der Waals surface area contributed by atoms with E-state index >= 15 is 0 Å².